The third-order valence-electron chi connectivity index (χ3n) is 5.09. The Labute approximate surface area is 151 Å². The normalized spacial score (nSPS) is 17.7. The molecule has 2 unspecified atom stereocenters. The molecule has 1 aliphatic rings. The van der Waals surface area contributed by atoms with Crippen LogP contribution in [0.5, 0.6) is 11.5 Å². The van der Waals surface area contributed by atoms with Gasteiger partial charge in [-0.1, -0.05) is 12.5 Å². The van der Waals surface area contributed by atoms with Crippen LogP contribution in [0.15, 0.2) is 35.1 Å². The topological polar surface area (TPSA) is 47.9 Å². The molecule has 0 aromatic heterocycles. The minimum Gasteiger partial charge on any atom is -0.493 e. The maximum absolute atomic E-state index is 10.2. The van der Waals surface area contributed by atoms with Crippen molar-refractivity contribution in [3.63, 3.8) is 0 Å². The molecular formula is C21H30O4. The van der Waals surface area contributed by atoms with Gasteiger partial charge in [0.05, 0.1) is 20.5 Å². The van der Waals surface area contributed by atoms with Crippen LogP contribution >= 0.6 is 0 Å². The summed E-state index contributed by atoms with van der Waals surface area (Å²) in [4.78, 5) is 0. The molecule has 2 atom stereocenters. The fourth-order valence-electron chi connectivity index (χ4n) is 3.23. The Morgan fingerprint density at radius 2 is 1.84 bits per heavy atom. The van der Waals surface area contributed by atoms with Crippen LogP contribution in [0.2, 0.25) is 0 Å². The van der Waals surface area contributed by atoms with Crippen molar-refractivity contribution in [2.24, 2.45) is 0 Å². The number of fused-ring (bicyclic) bond motifs is 1. The number of hydrogen-bond donors (Lipinski definition) is 1. The molecule has 0 bridgehead atoms. The minimum atomic E-state index is -0.891. The van der Waals surface area contributed by atoms with Gasteiger partial charge < -0.3 is 19.3 Å². The molecule has 0 saturated carbocycles. The molecule has 2 rings (SSSR count). The largest absolute Gasteiger partial charge is 0.493 e. The van der Waals surface area contributed by atoms with Crippen LogP contribution in [0.25, 0.3) is 0 Å². The summed E-state index contributed by atoms with van der Waals surface area (Å²) in [6.07, 6.45) is 3.77. The summed E-state index contributed by atoms with van der Waals surface area (Å²) in [6, 6.07) is 4.15. The van der Waals surface area contributed by atoms with E-state index in [0.29, 0.717) is 5.92 Å². The van der Waals surface area contributed by atoms with Crippen molar-refractivity contribution in [3.8, 4) is 11.5 Å². The predicted molar refractivity (Wildman–Crippen MR) is 100 cm³/mol. The van der Waals surface area contributed by atoms with Crippen molar-refractivity contribution in [2.45, 2.75) is 59.2 Å². The fourth-order valence-corrected chi connectivity index (χ4v) is 3.23. The van der Waals surface area contributed by atoms with Gasteiger partial charge in [0.2, 0.25) is 6.29 Å². The van der Waals surface area contributed by atoms with Gasteiger partial charge in [0, 0.05) is 5.92 Å². The smallest absolute Gasteiger partial charge is 0.219 e. The zero-order chi connectivity index (χ0) is 18.6. The molecule has 4 nitrogen and oxygen atoms in total. The molecule has 0 aliphatic heterocycles. The predicted octanol–water partition coefficient (Wildman–Crippen LogP) is 4.72. The SMILES string of the molecule is CC/C(=C/OC(O)C(C)=C(C)C)C1CCc2cc(OC)c(OC)cc21. The van der Waals surface area contributed by atoms with Crippen molar-refractivity contribution in [3.05, 3.63) is 46.2 Å². The van der Waals surface area contributed by atoms with Gasteiger partial charge in [-0.3, -0.25) is 0 Å². The van der Waals surface area contributed by atoms with Crippen molar-refractivity contribution < 1.29 is 19.3 Å². The van der Waals surface area contributed by atoms with Crippen LogP contribution in [0.4, 0.5) is 0 Å². The number of aliphatic hydroxyl groups excluding tert-OH is 1. The molecular weight excluding hydrogens is 316 g/mol. The van der Waals surface area contributed by atoms with E-state index in [1.807, 2.05) is 20.8 Å². The molecule has 138 valence electrons. The molecule has 1 N–H and O–H groups in total. The molecule has 0 saturated heterocycles. The van der Waals surface area contributed by atoms with E-state index in [-0.39, 0.29) is 0 Å². The first-order valence-corrected chi connectivity index (χ1v) is 8.84. The maximum atomic E-state index is 10.2. The lowest BCUT2D eigenvalue weighted by Gasteiger charge is -2.19. The van der Waals surface area contributed by atoms with Crippen LogP contribution < -0.4 is 9.47 Å². The van der Waals surface area contributed by atoms with Crippen LogP contribution in [-0.2, 0) is 11.2 Å². The first-order chi connectivity index (χ1) is 11.9. The Morgan fingerprint density at radius 1 is 1.20 bits per heavy atom. The van der Waals surface area contributed by atoms with E-state index in [9.17, 15) is 5.11 Å². The lowest BCUT2D eigenvalue weighted by molar-refractivity contribution is -0.0225. The monoisotopic (exact) mass is 346 g/mol. The van der Waals surface area contributed by atoms with Crippen LogP contribution in [-0.4, -0.2) is 25.6 Å². The Kier molecular flexibility index (Phi) is 6.54. The van der Waals surface area contributed by atoms with Gasteiger partial charge in [0.1, 0.15) is 0 Å². The molecule has 0 fully saturated rings. The van der Waals surface area contributed by atoms with Crippen LogP contribution in [0, 0.1) is 0 Å². The zero-order valence-electron chi connectivity index (χ0n) is 16.2. The average Bonchev–Trinajstić information content (AvgIpc) is 3.02. The Hall–Kier alpha value is -1.94. The number of hydrogen-bond acceptors (Lipinski definition) is 4. The summed E-state index contributed by atoms with van der Waals surface area (Å²) in [6.45, 7) is 7.95. The van der Waals surface area contributed by atoms with E-state index >= 15 is 0 Å². The maximum Gasteiger partial charge on any atom is 0.219 e. The molecule has 1 aromatic carbocycles. The number of ether oxygens (including phenoxy) is 3. The quantitative estimate of drug-likeness (QED) is 0.441. The summed E-state index contributed by atoms with van der Waals surface area (Å²) >= 11 is 0. The van der Waals surface area contributed by atoms with E-state index in [2.05, 4.69) is 19.1 Å². The average molecular weight is 346 g/mol. The summed E-state index contributed by atoms with van der Waals surface area (Å²) in [5.41, 5.74) is 5.67. The fraction of sp³-hybridized carbons (Fsp3) is 0.524. The molecule has 0 heterocycles. The third kappa shape index (κ3) is 4.18. The van der Waals surface area contributed by atoms with E-state index in [1.54, 1.807) is 20.5 Å². The highest BCUT2D eigenvalue weighted by atomic mass is 16.6. The van der Waals surface area contributed by atoms with Gasteiger partial charge in [-0.15, -0.1) is 0 Å². The highest BCUT2D eigenvalue weighted by Gasteiger charge is 2.27. The molecule has 0 spiro atoms. The van der Waals surface area contributed by atoms with E-state index in [0.717, 1.165) is 41.9 Å². The lowest BCUT2D eigenvalue weighted by Crippen LogP contribution is -2.12. The van der Waals surface area contributed by atoms with Crippen molar-refractivity contribution in [1.82, 2.24) is 0 Å². The molecule has 1 aliphatic carbocycles. The number of rotatable bonds is 7. The first-order valence-electron chi connectivity index (χ1n) is 8.84. The highest BCUT2D eigenvalue weighted by molar-refractivity contribution is 5.52. The number of methoxy groups -OCH3 is 2. The van der Waals surface area contributed by atoms with Crippen molar-refractivity contribution >= 4 is 0 Å². The second kappa shape index (κ2) is 8.43. The second-order valence-electron chi connectivity index (χ2n) is 6.72. The first kappa shape index (κ1) is 19.4. The second-order valence-corrected chi connectivity index (χ2v) is 6.72. The van der Waals surface area contributed by atoms with Crippen LogP contribution in [0.1, 0.15) is 57.6 Å². The Bertz CT molecular complexity index is 669. The Morgan fingerprint density at radius 3 is 2.40 bits per heavy atom. The summed E-state index contributed by atoms with van der Waals surface area (Å²) in [5, 5.41) is 10.2. The standard InChI is InChI=1S/C21H30O4/c1-7-15(12-25-21(22)14(4)13(2)3)17-9-8-16-10-19(23-5)20(24-6)11-18(16)17/h10-12,17,21-22H,7-9H2,1-6H3/b15-12-. The number of aryl methyl sites for hydroxylation is 1. The zero-order valence-corrected chi connectivity index (χ0v) is 16.2. The summed E-state index contributed by atoms with van der Waals surface area (Å²) in [5.74, 6) is 1.82. The van der Waals surface area contributed by atoms with Gasteiger partial charge in [0.15, 0.2) is 11.5 Å². The van der Waals surface area contributed by atoms with Gasteiger partial charge in [-0.25, -0.2) is 0 Å². The minimum absolute atomic E-state index is 0.291. The number of benzene rings is 1. The van der Waals surface area contributed by atoms with E-state index in [4.69, 9.17) is 14.2 Å². The van der Waals surface area contributed by atoms with Gasteiger partial charge in [-0.05, 0) is 74.4 Å². The summed E-state index contributed by atoms with van der Waals surface area (Å²) < 4.78 is 16.5. The molecule has 0 amide bonds. The van der Waals surface area contributed by atoms with E-state index in [1.165, 1.54) is 16.7 Å². The number of aliphatic hydroxyl groups is 1. The van der Waals surface area contributed by atoms with Crippen LogP contribution in [0.3, 0.4) is 0 Å². The van der Waals surface area contributed by atoms with Gasteiger partial charge in [-0.2, -0.15) is 0 Å². The van der Waals surface area contributed by atoms with Crippen molar-refractivity contribution in [1.29, 1.82) is 0 Å². The Balaban J connectivity index is 2.27. The molecule has 1 aromatic rings. The third-order valence-corrected chi connectivity index (χ3v) is 5.09. The highest BCUT2D eigenvalue weighted by Crippen LogP contribution is 2.44. The van der Waals surface area contributed by atoms with Gasteiger partial charge in [0.25, 0.3) is 0 Å². The van der Waals surface area contributed by atoms with Crippen molar-refractivity contribution in [2.75, 3.05) is 14.2 Å². The molecule has 4 heteroatoms. The van der Waals surface area contributed by atoms with Gasteiger partial charge >= 0.3 is 0 Å². The molecule has 0 radical (unpaired) electrons. The lowest BCUT2D eigenvalue weighted by atomic mass is 9.91. The number of allylic oxidation sites excluding steroid dienone is 2. The van der Waals surface area contributed by atoms with E-state index < -0.39 is 6.29 Å². The molecule has 25 heavy (non-hydrogen) atoms. The summed E-state index contributed by atoms with van der Waals surface area (Å²) in [7, 11) is 3.32.